The number of fused-ring (bicyclic) bond motifs is 1. The first-order chi connectivity index (χ1) is 6.20. The minimum atomic E-state index is -2.20. The molecule has 1 aromatic carbocycles. The van der Waals surface area contributed by atoms with Gasteiger partial charge < -0.3 is 4.74 Å². The zero-order valence-electron chi connectivity index (χ0n) is 6.54. The van der Waals surface area contributed by atoms with Gasteiger partial charge in [-0.1, -0.05) is 18.2 Å². The number of esters is 1. The van der Waals surface area contributed by atoms with Crippen molar-refractivity contribution >= 4 is 5.97 Å². The maximum Gasteiger partial charge on any atom is 0.349 e. The molecule has 0 spiro atoms. The average molecular weight is 184 g/mol. The Balaban J connectivity index is 2.49. The Morgan fingerprint density at radius 2 is 1.85 bits per heavy atom. The summed E-state index contributed by atoms with van der Waals surface area (Å²) in [6, 6.07) is 6.00. The zero-order valence-corrected chi connectivity index (χ0v) is 6.54. The Hall–Kier alpha value is -1.45. The molecular formula is C9H6F2O2. The molecule has 0 saturated carbocycles. The van der Waals surface area contributed by atoms with Gasteiger partial charge in [-0.05, 0) is 6.07 Å². The third kappa shape index (κ3) is 1.18. The molecule has 0 saturated heterocycles. The molecule has 0 aliphatic carbocycles. The van der Waals surface area contributed by atoms with Crippen molar-refractivity contribution in [3.05, 3.63) is 29.8 Å². The lowest BCUT2D eigenvalue weighted by Crippen LogP contribution is -2.31. The Labute approximate surface area is 73.1 Å². The van der Waals surface area contributed by atoms with E-state index in [1.807, 2.05) is 0 Å². The van der Waals surface area contributed by atoms with E-state index in [9.17, 15) is 13.6 Å². The average Bonchev–Trinajstić information content (AvgIpc) is 2.15. The van der Waals surface area contributed by atoms with Crippen LogP contribution in [-0.4, -0.2) is 12.1 Å². The van der Waals surface area contributed by atoms with Crippen molar-refractivity contribution in [1.29, 1.82) is 0 Å². The molecule has 0 radical (unpaired) electrons. The summed E-state index contributed by atoms with van der Waals surface area (Å²) in [7, 11) is 0. The van der Waals surface area contributed by atoms with Crippen LogP contribution in [0.25, 0.3) is 0 Å². The first-order valence-corrected chi connectivity index (χ1v) is 3.79. The summed E-state index contributed by atoms with van der Waals surface area (Å²) >= 11 is 0. The lowest BCUT2D eigenvalue weighted by molar-refractivity contribution is -0.144. The normalized spacial score (nSPS) is 26.5. The number of rotatable bonds is 0. The van der Waals surface area contributed by atoms with Crippen LogP contribution in [0.15, 0.2) is 24.3 Å². The molecule has 68 valence electrons. The topological polar surface area (TPSA) is 26.3 Å². The molecule has 1 aliphatic heterocycles. The van der Waals surface area contributed by atoms with Gasteiger partial charge in [-0.2, -0.15) is 0 Å². The second kappa shape index (κ2) is 2.80. The highest BCUT2D eigenvalue weighted by Gasteiger charge is 2.37. The number of hydrogen-bond acceptors (Lipinski definition) is 2. The van der Waals surface area contributed by atoms with Crippen molar-refractivity contribution in [3.8, 4) is 5.75 Å². The lowest BCUT2D eigenvalue weighted by Gasteiger charge is -2.21. The zero-order chi connectivity index (χ0) is 9.42. The Morgan fingerprint density at radius 3 is 2.62 bits per heavy atom. The molecular weight excluding hydrogens is 178 g/mol. The van der Waals surface area contributed by atoms with Gasteiger partial charge in [-0.3, -0.25) is 0 Å². The fourth-order valence-electron chi connectivity index (χ4n) is 1.24. The van der Waals surface area contributed by atoms with E-state index in [0.717, 1.165) is 0 Å². The van der Waals surface area contributed by atoms with Gasteiger partial charge in [0.2, 0.25) is 6.17 Å². The number of carbonyl (C=O) groups excluding carboxylic acids is 1. The first-order valence-electron chi connectivity index (χ1n) is 3.79. The maximum absolute atomic E-state index is 13.1. The van der Waals surface area contributed by atoms with E-state index >= 15 is 0 Å². The van der Waals surface area contributed by atoms with Crippen LogP contribution in [0.1, 0.15) is 11.7 Å². The van der Waals surface area contributed by atoms with Gasteiger partial charge in [0.15, 0.2) is 6.17 Å². The minimum absolute atomic E-state index is 0.0922. The van der Waals surface area contributed by atoms with E-state index in [2.05, 4.69) is 4.74 Å². The van der Waals surface area contributed by atoms with Gasteiger partial charge in [0.1, 0.15) is 5.75 Å². The highest BCUT2D eigenvalue weighted by atomic mass is 19.2. The van der Waals surface area contributed by atoms with Crippen LogP contribution < -0.4 is 4.74 Å². The van der Waals surface area contributed by atoms with E-state index in [0.29, 0.717) is 0 Å². The van der Waals surface area contributed by atoms with Crippen molar-refractivity contribution in [1.82, 2.24) is 0 Å². The summed E-state index contributed by atoms with van der Waals surface area (Å²) < 4.78 is 30.5. The van der Waals surface area contributed by atoms with Crippen molar-refractivity contribution in [3.63, 3.8) is 0 Å². The fourth-order valence-corrected chi connectivity index (χ4v) is 1.24. The van der Waals surface area contributed by atoms with Crippen molar-refractivity contribution in [2.45, 2.75) is 12.3 Å². The lowest BCUT2D eigenvalue weighted by atomic mass is 10.0. The molecule has 1 aromatic rings. The third-order valence-electron chi connectivity index (χ3n) is 1.91. The predicted molar refractivity (Wildman–Crippen MR) is 40.8 cm³/mol. The van der Waals surface area contributed by atoms with Gasteiger partial charge in [-0.25, -0.2) is 13.6 Å². The Kier molecular flexibility index (Phi) is 1.76. The smallest absolute Gasteiger partial charge is 0.349 e. The minimum Gasteiger partial charge on any atom is -0.424 e. The molecule has 4 heteroatoms. The molecule has 2 nitrogen and oxygen atoms in total. The standard InChI is InChI=1S/C9H6F2O2/c10-7-5-3-1-2-4-6(5)13-9(12)8(7)11/h1-4,7-8H/t7-,8-/m0/s1. The van der Waals surface area contributed by atoms with E-state index in [4.69, 9.17) is 0 Å². The molecule has 0 aromatic heterocycles. The molecule has 1 heterocycles. The molecule has 13 heavy (non-hydrogen) atoms. The molecule has 0 amide bonds. The van der Waals surface area contributed by atoms with Crippen molar-refractivity contribution in [2.24, 2.45) is 0 Å². The SMILES string of the molecule is O=C1Oc2ccccc2[C@H](F)[C@@H]1F. The molecule has 2 rings (SSSR count). The van der Waals surface area contributed by atoms with Crippen LogP contribution in [0.5, 0.6) is 5.75 Å². The summed E-state index contributed by atoms with van der Waals surface area (Å²) in [5.74, 6) is -1.06. The Morgan fingerprint density at radius 1 is 1.15 bits per heavy atom. The van der Waals surface area contributed by atoms with Gasteiger partial charge in [0, 0.05) is 5.56 Å². The fraction of sp³-hybridized carbons (Fsp3) is 0.222. The van der Waals surface area contributed by atoms with E-state index < -0.39 is 18.3 Å². The largest absolute Gasteiger partial charge is 0.424 e. The number of benzene rings is 1. The maximum atomic E-state index is 13.1. The highest BCUT2D eigenvalue weighted by molar-refractivity contribution is 5.80. The van der Waals surface area contributed by atoms with E-state index in [1.54, 1.807) is 12.1 Å². The van der Waals surface area contributed by atoms with Gasteiger partial charge >= 0.3 is 5.97 Å². The van der Waals surface area contributed by atoms with E-state index in [1.165, 1.54) is 12.1 Å². The highest BCUT2D eigenvalue weighted by Crippen LogP contribution is 2.36. The van der Waals surface area contributed by atoms with Gasteiger partial charge in [0.05, 0.1) is 0 Å². The molecule has 0 bridgehead atoms. The number of hydrogen-bond donors (Lipinski definition) is 0. The van der Waals surface area contributed by atoms with Crippen molar-refractivity contribution in [2.75, 3.05) is 0 Å². The number of ether oxygens (including phenoxy) is 1. The Bertz CT molecular complexity index is 351. The first kappa shape index (κ1) is 8.16. The summed E-state index contributed by atoms with van der Waals surface area (Å²) in [5.41, 5.74) is 0.0922. The third-order valence-corrected chi connectivity index (χ3v) is 1.91. The van der Waals surface area contributed by atoms with Crippen LogP contribution in [-0.2, 0) is 4.79 Å². The monoisotopic (exact) mass is 184 g/mol. The second-order valence-electron chi connectivity index (χ2n) is 2.76. The van der Waals surface area contributed by atoms with Crippen molar-refractivity contribution < 1.29 is 18.3 Å². The molecule has 0 N–H and O–H groups in total. The van der Waals surface area contributed by atoms with Gasteiger partial charge in [0.25, 0.3) is 0 Å². The van der Waals surface area contributed by atoms with Crippen LogP contribution in [0.2, 0.25) is 0 Å². The van der Waals surface area contributed by atoms with Crippen LogP contribution >= 0.6 is 0 Å². The number of alkyl halides is 2. The molecule has 1 aliphatic rings. The quantitative estimate of drug-likeness (QED) is 0.455. The van der Waals surface area contributed by atoms with Crippen LogP contribution in [0.3, 0.4) is 0 Å². The van der Waals surface area contributed by atoms with Crippen LogP contribution in [0.4, 0.5) is 8.78 Å². The number of para-hydroxylation sites is 1. The van der Waals surface area contributed by atoms with Gasteiger partial charge in [-0.15, -0.1) is 0 Å². The molecule has 0 unspecified atom stereocenters. The number of halogens is 2. The summed E-state index contributed by atoms with van der Waals surface area (Å²) in [5, 5.41) is 0. The second-order valence-corrected chi connectivity index (χ2v) is 2.76. The van der Waals surface area contributed by atoms with Crippen LogP contribution in [0, 0.1) is 0 Å². The summed E-state index contributed by atoms with van der Waals surface area (Å²) in [6.45, 7) is 0. The van der Waals surface area contributed by atoms with E-state index in [-0.39, 0.29) is 11.3 Å². The molecule has 0 fully saturated rings. The predicted octanol–water partition coefficient (Wildman–Crippen LogP) is 1.95. The molecule has 2 atom stereocenters. The summed E-state index contributed by atoms with van der Waals surface area (Å²) in [6.07, 6.45) is -4.10. The number of carbonyl (C=O) groups is 1. The summed E-state index contributed by atoms with van der Waals surface area (Å²) in [4.78, 5) is 10.7.